The van der Waals surface area contributed by atoms with Gasteiger partial charge in [-0.2, -0.15) is 0 Å². The molecule has 0 saturated carbocycles. The van der Waals surface area contributed by atoms with Gasteiger partial charge >= 0.3 is 0 Å². The van der Waals surface area contributed by atoms with Gasteiger partial charge in [0.2, 0.25) is 6.79 Å². The summed E-state index contributed by atoms with van der Waals surface area (Å²) in [5.74, 6) is 1.35. The summed E-state index contributed by atoms with van der Waals surface area (Å²) in [5.41, 5.74) is 0.733. The normalized spacial score (nSPS) is 12.8. The third kappa shape index (κ3) is 2.21. The molecule has 1 aromatic heterocycles. The molecule has 2 heterocycles. The summed E-state index contributed by atoms with van der Waals surface area (Å²) in [5, 5.41) is 3.81. The molecule has 0 spiro atoms. The van der Waals surface area contributed by atoms with E-state index in [-0.39, 0.29) is 6.79 Å². The zero-order valence-corrected chi connectivity index (χ0v) is 11.4. The number of rotatable bonds is 3. The average Bonchev–Trinajstić information content (AvgIpc) is 2.96. The molecule has 1 N–H and O–H groups in total. The lowest BCUT2D eigenvalue weighted by Gasteiger charge is -2.09. The van der Waals surface area contributed by atoms with E-state index in [0.29, 0.717) is 27.5 Å². The van der Waals surface area contributed by atoms with Crippen LogP contribution in [0, 0.1) is 0 Å². The van der Waals surface area contributed by atoms with Crippen molar-refractivity contribution in [2.75, 3.05) is 12.1 Å². The van der Waals surface area contributed by atoms with Crippen LogP contribution in [-0.2, 0) is 6.54 Å². The van der Waals surface area contributed by atoms with Crippen molar-refractivity contribution in [2.24, 2.45) is 0 Å². The summed E-state index contributed by atoms with van der Waals surface area (Å²) >= 11 is 13.3. The Labute approximate surface area is 117 Å². The lowest BCUT2D eigenvalue weighted by Crippen LogP contribution is -2.00. The number of anilines is 1. The maximum atomic E-state index is 6.14. The molecule has 0 bridgehead atoms. The number of nitrogens with one attached hydrogen (secondary N) is 1. The minimum atomic E-state index is 0.219. The molecule has 7 heteroatoms. The van der Waals surface area contributed by atoms with Crippen LogP contribution in [0.2, 0.25) is 9.49 Å². The van der Waals surface area contributed by atoms with Gasteiger partial charge in [0.25, 0.3) is 0 Å². The summed E-state index contributed by atoms with van der Waals surface area (Å²) in [7, 11) is 0. The highest BCUT2D eigenvalue weighted by molar-refractivity contribution is 7.15. The molecule has 3 rings (SSSR count). The van der Waals surface area contributed by atoms with E-state index >= 15 is 0 Å². The van der Waals surface area contributed by atoms with E-state index in [1.165, 1.54) is 11.3 Å². The summed E-state index contributed by atoms with van der Waals surface area (Å²) in [4.78, 5) is 5.00. The summed E-state index contributed by atoms with van der Waals surface area (Å²) in [6.45, 7) is 0.806. The Morgan fingerprint density at radius 1 is 1.33 bits per heavy atom. The quantitative estimate of drug-likeness (QED) is 0.937. The lowest BCUT2D eigenvalue weighted by molar-refractivity contribution is 0.174. The Morgan fingerprint density at radius 2 is 2.22 bits per heavy atom. The average molecular weight is 303 g/mol. The van der Waals surface area contributed by atoms with Crippen molar-refractivity contribution in [1.29, 1.82) is 0 Å². The van der Waals surface area contributed by atoms with E-state index < -0.39 is 0 Å². The van der Waals surface area contributed by atoms with Gasteiger partial charge in [-0.3, -0.25) is 0 Å². The standard InChI is InChI=1S/C11H8Cl2N2O2S/c12-7-1-2-8-10(17-5-16-8)9(7)14-3-6-4-15-11(13)18-6/h1-2,4,14H,3,5H2. The van der Waals surface area contributed by atoms with Crippen molar-refractivity contribution in [3.05, 3.63) is 32.7 Å². The summed E-state index contributed by atoms with van der Waals surface area (Å²) in [6, 6.07) is 3.57. The molecule has 0 radical (unpaired) electrons. The lowest BCUT2D eigenvalue weighted by atomic mass is 10.2. The van der Waals surface area contributed by atoms with Crippen LogP contribution in [0.5, 0.6) is 11.5 Å². The second-order valence-corrected chi connectivity index (χ2v) is 5.69. The molecular weight excluding hydrogens is 295 g/mol. The Balaban J connectivity index is 1.82. The van der Waals surface area contributed by atoms with Gasteiger partial charge in [0.05, 0.1) is 11.6 Å². The van der Waals surface area contributed by atoms with Crippen LogP contribution in [0.1, 0.15) is 4.88 Å². The highest BCUT2D eigenvalue weighted by atomic mass is 35.5. The second-order valence-electron chi connectivity index (χ2n) is 3.59. The fourth-order valence-corrected chi connectivity index (χ4v) is 2.79. The fraction of sp³-hybridized carbons (Fsp3) is 0.182. The number of nitrogens with zero attached hydrogens (tertiary/aromatic N) is 1. The highest BCUT2D eigenvalue weighted by Gasteiger charge is 2.20. The number of hydrogen-bond donors (Lipinski definition) is 1. The number of benzene rings is 1. The first-order valence-electron chi connectivity index (χ1n) is 5.16. The molecule has 0 amide bonds. The zero-order chi connectivity index (χ0) is 12.5. The van der Waals surface area contributed by atoms with Gasteiger partial charge < -0.3 is 14.8 Å². The number of fused-ring (bicyclic) bond motifs is 1. The summed E-state index contributed by atoms with van der Waals surface area (Å²) < 4.78 is 11.2. The van der Waals surface area contributed by atoms with Crippen molar-refractivity contribution < 1.29 is 9.47 Å². The van der Waals surface area contributed by atoms with E-state index in [1.54, 1.807) is 18.3 Å². The van der Waals surface area contributed by atoms with Gasteiger partial charge in [0, 0.05) is 11.1 Å². The number of thiazole rings is 1. The molecule has 0 atom stereocenters. The smallest absolute Gasteiger partial charge is 0.231 e. The monoisotopic (exact) mass is 302 g/mol. The van der Waals surface area contributed by atoms with Crippen molar-refractivity contribution in [2.45, 2.75) is 6.54 Å². The van der Waals surface area contributed by atoms with Crippen LogP contribution in [0.4, 0.5) is 5.69 Å². The third-order valence-electron chi connectivity index (χ3n) is 2.45. The predicted molar refractivity (Wildman–Crippen MR) is 72.0 cm³/mol. The molecule has 94 valence electrons. The largest absolute Gasteiger partial charge is 0.454 e. The predicted octanol–water partition coefficient (Wildman–Crippen LogP) is 3.79. The van der Waals surface area contributed by atoms with Gasteiger partial charge in [0.15, 0.2) is 16.0 Å². The molecule has 1 aliphatic heterocycles. The van der Waals surface area contributed by atoms with E-state index in [0.717, 1.165) is 10.6 Å². The van der Waals surface area contributed by atoms with Gasteiger partial charge in [0.1, 0.15) is 5.69 Å². The van der Waals surface area contributed by atoms with Crippen molar-refractivity contribution in [1.82, 2.24) is 4.98 Å². The maximum absolute atomic E-state index is 6.14. The highest BCUT2D eigenvalue weighted by Crippen LogP contribution is 2.43. The molecule has 0 fully saturated rings. The topological polar surface area (TPSA) is 43.4 Å². The van der Waals surface area contributed by atoms with Gasteiger partial charge in [-0.25, -0.2) is 4.98 Å². The minimum absolute atomic E-state index is 0.219. The van der Waals surface area contributed by atoms with E-state index in [1.807, 2.05) is 0 Å². The first-order chi connectivity index (χ1) is 8.74. The van der Waals surface area contributed by atoms with E-state index in [4.69, 9.17) is 32.7 Å². The van der Waals surface area contributed by atoms with Gasteiger partial charge in [-0.15, -0.1) is 11.3 Å². The molecule has 0 unspecified atom stereocenters. The number of ether oxygens (including phenoxy) is 2. The van der Waals surface area contributed by atoms with Crippen LogP contribution in [-0.4, -0.2) is 11.8 Å². The molecule has 4 nitrogen and oxygen atoms in total. The number of aromatic nitrogens is 1. The molecule has 1 aromatic carbocycles. The van der Waals surface area contributed by atoms with Crippen LogP contribution in [0.15, 0.2) is 18.3 Å². The second kappa shape index (κ2) is 4.84. The Hall–Kier alpha value is -1.17. The van der Waals surface area contributed by atoms with E-state index in [9.17, 15) is 0 Å². The first-order valence-corrected chi connectivity index (χ1v) is 6.73. The SMILES string of the molecule is Clc1ncc(CNc2c(Cl)ccc3c2OCO3)s1. The first kappa shape index (κ1) is 11.9. The van der Waals surface area contributed by atoms with Gasteiger partial charge in [-0.1, -0.05) is 23.2 Å². The Bertz CT molecular complexity index is 588. The zero-order valence-electron chi connectivity index (χ0n) is 9.07. The summed E-state index contributed by atoms with van der Waals surface area (Å²) in [6.07, 6.45) is 1.73. The molecule has 0 saturated heterocycles. The number of halogens is 2. The number of hydrogen-bond acceptors (Lipinski definition) is 5. The maximum Gasteiger partial charge on any atom is 0.231 e. The van der Waals surface area contributed by atoms with Crippen LogP contribution >= 0.6 is 34.5 Å². The molecule has 0 aliphatic carbocycles. The van der Waals surface area contributed by atoms with Crippen LogP contribution < -0.4 is 14.8 Å². The molecular formula is C11H8Cl2N2O2S. The Morgan fingerprint density at radius 3 is 3.00 bits per heavy atom. The van der Waals surface area contributed by atoms with E-state index in [2.05, 4.69) is 10.3 Å². The Kier molecular flexibility index (Phi) is 3.20. The van der Waals surface area contributed by atoms with Crippen molar-refractivity contribution in [3.63, 3.8) is 0 Å². The van der Waals surface area contributed by atoms with Crippen molar-refractivity contribution in [3.8, 4) is 11.5 Å². The fourth-order valence-electron chi connectivity index (χ4n) is 1.65. The third-order valence-corrected chi connectivity index (χ3v) is 3.88. The minimum Gasteiger partial charge on any atom is -0.454 e. The van der Waals surface area contributed by atoms with Crippen LogP contribution in [0.3, 0.4) is 0 Å². The van der Waals surface area contributed by atoms with Crippen molar-refractivity contribution >= 4 is 40.2 Å². The molecule has 1 aliphatic rings. The van der Waals surface area contributed by atoms with Crippen LogP contribution in [0.25, 0.3) is 0 Å². The molecule has 18 heavy (non-hydrogen) atoms. The molecule has 2 aromatic rings. The van der Waals surface area contributed by atoms with Gasteiger partial charge in [-0.05, 0) is 12.1 Å².